The van der Waals surface area contributed by atoms with Crippen LogP contribution in [0, 0.1) is 13.8 Å². The van der Waals surface area contributed by atoms with Crippen molar-refractivity contribution in [3.8, 4) is 5.75 Å². The zero-order chi connectivity index (χ0) is 34.2. The monoisotopic (exact) mass is 639 g/mol. The van der Waals surface area contributed by atoms with E-state index in [2.05, 4.69) is 20.9 Å². The predicted octanol–water partition coefficient (Wildman–Crippen LogP) is -0.756. The number of phenolic OH excluding ortho intramolecular Hbond substituents is 1. The Labute approximate surface area is 269 Å². The topological polar surface area (TPSA) is 267 Å². The van der Waals surface area contributed by atoms with Gasteiger partial charge in [-0.25, -0.2) is 0 Å². The first kappa shape index (κ1) is 37.5. The molecule has 0 unspecified atom stereocenters. The van der Waals surface area contributed by atoms with Crippen molar-refractivity contribution in [2.45, 2.75) is 83.0 Å². The maximum Gasteiger partial charge on any atom is 0.243 e. The summed E-state index contributed by atoms with van der Waals surface area (Å²) in [7, 11) is 0. The Morgan fingerprint density at radius 1 is 0.761 bits per heavy atom. The average Bonchev–Trinajstić information content (AvgIpc) is 3.00. The quantitative estimate of drug-likeness (QED) is 0.0530. The number of aromatic hydroxyl groups is 1. The number of hydrogen-bond acceptors (Lipinski definition) is 8. The second-order valence-corrected chi connectivity index (χ2v) is 11.4. The summed E-state index contributed by atoms with van der Waals surface area (Å²) in [6, 6.07) is 8.39. The van der Waals surface area contributed by atoms with Crippen LogP contribution in [0.5, 0.6) is 5.75 Å². The lowest BCUT2D eigenvalue weighted by atomic mass is 9.99. The van der Waals surface area contributed by atoms with Crippen molar-refractivity contribution >= 4 is 29.6 Å². The van der Waals surface area contributed by atoms with Crippen LogP contribution in [0.3, 0.4) is 0 Å². The van der Waals surface area contributed by atoms with Crippen LogP contribution in [0.15, 0.2) is 47.5 Å². The smallest absolute Gasteiger partial charge is 0.243 e. The Balaban J connectivity index is 2.26. The lowest BCUT2D eigenvalue weighted by Crippen LogP contribution is -2.58. The summed E-state index contributed by atoms with van der Waals surface area (Å²) >= 11 is 0. The van der Waals surface area contributed by atoms with Crippen molar-refractivity contribution in [1.82, 2.24) is 16.0 Å². The minimum Gasteiger partial charge on any atom is -0.507 e. The molecule has 0 spiro atoms. The first-order valence-electron chi connectivity index (χ1n) is 15.4. The van der Waals surface area contributed by atoms with Gasteiger partial charge in [-0.3, -0.25) is 24.2 Å². The van der Waals surface area contributed by atoms with Crippen LogP contribution in [0.4, 0.5) is 0 Å². The predicted molar refractivity (Wildman–Crippen MR) is 177 cm³/mol. The van der Waals surface area contributed by atoms with Crippen LogP contribution in [-0.2, 0) is 32.0 Å². The number of aryl methyl sites for hydroxylation is 2. The van der Waals surface area contributed by atoms with Gasteiger partial charge < -0.3 is 49.7 Å². The van der Waals surface area contributed by atoms with Gasteiger partial charge in [-0.15, -0.1) is 0 Å². The SMILES string of the molecule is Cc1cc(C[C@H](N)C(=O)N[C@H](CCCN=C(N)N)C(=O)N[C@@H](Cc2ccccc2)C(=O)N[C@@H](CCCCN)C(N)=O)cc(C)c1O. The lowest BCUT2D eigenvalue weighted by Gasteiger charge is -2.25. The molecule has 0 bridgehead atoms. The van der Waals surface area contributed by atoms with Crippen LogP contribution in [0.2, 0.25) is 0 Å². The number of aliphatic imine (C=N–C) groups is 1. The highest BCUT2D eigenvalue weighted by Crippen LogP contribution is 2.23. The van der Waals surface area contributed by atoms with E-state index in [1.165, 1.54) is 0 Å². The van der Waals surface area contributed by atoms with Crippen molar-refractivity contribution in [3.05, 3.63) is 64.7 Å². The molecule has 4 amide bonds. The summed E-state index contributed by atoms with van der Waals surface area (Å²) in [6.07, 6.45) is 2.27. The fraction of sp³-hybridized carbons (Fsp3) is 0.469. The number of carbonyl (C=O) groups excluding carboxylic acids is 4. The third-order valence-corrected chi connectivity index (χ3v) is 7.44. The van der Waals surface area contributed by atoms with Crippen LogP contribution < -0.4 is 44.6 Å². The Hall–Kier alpha value is -4.69. The van der Waals surface area contributed by atoms with E-state index in [1.807, 2.05) is 6.07 Å². The Morgan fingerprint density at radius 2 is 1.33 bits per heavy atom. The third kappa shape index (κ3) is 12.7. The summed E-state index contributed by atoms with van der Waals surface area (Å²) in [6.45, 7) is 4.14. The minimum absolute atomic E-state index is 0.110. The Morgan fingerprint density at radius 3 is 1.91 bits per heavy atom. The van der Waals surface area contributed by atoms with Gasteiger partial charge in [0.25, 0.3) is 0 Å². The molecule has 252 valence electrons. The van der Waals surface area contributed by atoms with Gasteiger partial charge in [-0.2, -0.15) is 0 Å². The van der Waals surface area contributed by atoms with Gasteiger partial charge in [0.1, 0.15) is 23.9 Å². The highest BCUT2D eigenvalue weighted by molar-refractivity contribution is 5.94. The number of carbonyl (C=O) groups is 4. The number of nitrogens with two attached hydrogens (primary N) is 5. The zero-order valence-electron chi connectivity index (χ0n) is 26.6. The van der Waals surface area contributed by atoms with Crippen LogP contribution in [0.1, 0.15) is 54.4 Å². The molecule has 0 heterocycles. The number of benzene rings is 2. The Kier molecular flexibility index (Phi) is 15.5. The summed E-state index contributed by atoms with van der Waals surface area (Å²) in [5.41, 5.74) is 31.0. The number of guanidine groups is 1. The summed E-state index contributed by atoms with van der Waals surface area (Å²) < 4.78 is 0. The number of primary amides is 1. The van der Waals surface area contributed by atoms with E-state index in [0.29, 0.717) is 43.4 Å². The number of nitrogens with zero attached hydrogens (tertiary/aromatic N) is 1. The standard InChI is InChI=1S/C32H49N9O5/c1-19-15-22(16-20(2)27(19)42)17-23(34)29(44)40-25(12-8-14-38-32(36)37)30(45)41-26(18-21-9-4-3-5-10-21)31(46)39-24(28(35)43)11-6-7-13-33/h3-5,9-10,15-16,23-26,42H,6-8,11-14,17-18,33-34H2,1-2H3,(H2,35,43)(H,39,46)(H,40,44)(H,41,45)(H4,36,37,38)/t23-,24-,25+,26-/m0/s1. The van der Waals surface area contributed by atoms with Crippen molar-refractivity contribution in [2.24, 2.45) is 33.7 Å². The summed E-state index contributed by atoms with van der Waals surface area (Å²) in [4.78, 5) is 56.4. The molecule has 0 fully saturated rings. The van der Waals surface area contributed by atoms with Crippen LogP contribution in [0.25, 0.3) is 0 Å². The second kappa shape index (κ2) is 19.0. The van der Waals surface area contributed by atoms with Crippen molar-refractivity contribution in [1.29, 1.82) is 0 Å². The van der Waals surface area contributed by atoms with E-state index >= 15 is 0 Å². The molecule has 0 radical (unpaired) electrons. The zero-order valence-corrected chi connectivity index (χ0v) is 26.6. The molecule has 0 saturated heterocycles. The van der Waals surface area contributed by atoms with Gasteiger partial charge >= 0.3 is 0 Å². The molecule has 0 aromatic heterocycles. The molecule has 14 N–H and O–H groups in total. The normalized spacial score (nSPS) is 13.5. The molecule has 4 atom stereocenters. The third-order valence-electron chi connectivity index (χ3n) is 7.44. The molecular formula is C32H49N9O5. The molecule has 2 aromatic carbocycles. The van der Waals surface area contributed by atoms with E-state index in [4.69, 9.17) is 28.7 Å². The molecule has 0 aliphatic rings. The van der Waals surface area contributed by atoms with Crippen molar-refractivity contribution < 1.29 is 24.3 Å². The van der Waals surface area contributed by atoms with Gasteiger partial charge in [0.2, 0.25) is 23.6 Å². The molecular weight excluding hydrogens is 590 g/mol. The maximum atomic E-state index is 13.7. The summed E-state index contributed by atoms with van der Waals surface area (Å²) in [5.74, 6) is -2.45. The minimum atomic E-state index is -1.10. The van der Waals surface area contributed by atoms with Crippen molar-refractivity contribution in [2.75, 3.05) is 13.1 Å². The number of unbranched alkanes of at least 4 members (excludes halogenated alkanes) is 1. The van der Waals surface area contributed by atoms with Gasteiger partial charge in [0.15, 0.2) is 5.96 Å². The number of hydrogen-bond donors (Lipinski definition) is 9. The highest BCUT2D eigenvalue weighted by atomic mass is 16.3. The largest absolute Gasteiger partial charge is 0.507 e. The van der Waals surface area contributed by atoms with Gasteiger partial charge in [0.05, 0.1) is 6.04 Å². The van der Waals surface area contributed by atoms with E-state index in [1.54, 1.807) is 50.2 Å². The molecule has 14 heteroatoms. The average molecular weight is 640 g/mol. The van der Waals surface area contributed by atoms with Crippen LogP contribution in [-0.4, -0.2) is 72.0 Å². The molecule has 0 saturated carbocycles. The fourth-order valence-electron chi connectivity index (χ4n) is 4.94. The molecule has 14 nitrogen and oxygen atoms in total. The molecule has 2 aromatic rings. The first-order valence-corrected chi connectivity index (χ1v) is 15.4. The van der Waals surface area contributed by atoms with Gasteiger partial charge in [-0.05, 0) is 81.2 Å². The van der Waals surface area contributed by atoms with E-state index in [-0.39, 0.29) is 37.5 Å². The van der Waals surface area contributed by atoms with E-state index < -0.39 is 47.8 Å². The summed E-state index contributed by atoms with van der Waals surface area (Å²) in [5, 5.41) is 18.2. The lowest BCUT2D eigenvalue weighted by molar-refractivity contribution is -0.133. The highest BCUT2D eigenvalue weighted by Gasteiger charge is 2.30. The van der Waals surface area contributed by atoms with E-state index in [9.17, 15) is 24.3 Å². The molecule has 0 aliphatic heterocycles. The fourth-order valence-corrected chi connectivity index (χ4v) is 4.94. The van der Waals surface area contributed by atoms with Crippen LogP contribution >= 0.6 is 0 Å². The molecule has 46 heavy (non-hydrogen) atoms. The first-order chi connectivity index (χ1) is 21.8. The number of phenols is 1. The number of rotatable bonds is 19. The second-order valence-electron chi connectivity index (χ2n) is 11.4. The molecule has 2 rings (SSSR count). The number of nitrogens with one attached hydrogen (secondary N) is 3. The maximum absolute atomic E-state index is 13.7. The Bertz CT molecular complexity index is 1330. The number of amides is 4. The van der Waals surface area contributed by atoms with Gasteiger partial charge in [-0.1, -0.05) is 42.5 Å². The van der Waals surface area contributed by atoms with Gasteiger partial charge in [0, 0.05) is 13.0 Å². The van der Waals surface area contributed by atoms with Crippen molar-refractivity contribution in [3.63, 3.8) is 0 Å². The molecule has 0 aliphatic carbocycles. The van der Waals surface area contributed by atoms with E-state index in [0.717, 1.165) is 11.1 Å².